The fraction of sp³-hybridized carbons (Fsp3) is 0.524. The smallest absolute Gasteiger partial charge is 0.415 e. The molecule has 1 N–H and O–H groups in total. The molecule has 0 radical (unpaired) electrons. The van der Waals surface area contributed by atoms with E-state index in [-0.39, 0.29) is 135 Å². The minimum absolute atomic E-state index is 0.0210. The van der Waals surface area contributed by atoms with Crippen LogP contribution in [-0.4, -0.2) is 126 Å². The van der Waals surface area contributed by atoms with Gasteiger partial charge in [0.2, 0.25) is 0 Å². The molecule has 4 saturated heterocycles. The van der Waals surface area contributed by atoms with Gasteiger partial charge in [0.15, 0.2) is 5.82 Å². The summed E-state index contributed by atoms with van der Waals surface area (Å²) in [5.74, 6) is -1.39. The lowest BCUT2D eigenvalue weighted by Crippen LogP contribution is -2.60. The molecule has 60 heavy (non-hydrogen) atoms. The van der Waals surface area contributed by atoms with E-state index in [1.807, 2.05) is 6.07 Å². The number of nitriles is 1. The van der Waals surface area contributed by atoms with Crippen LogP contribution in [0.25, 0.3) is 32.9 Å². The second-order valence-electron chi connectivity index (χ2n) is 16.7. The molecule has 14 nitrogen and oxygen atoms in total. The third kappa shape index (κ3) is 7.57. The molecule has 6 aliphatic heterocycles. The maximum atomic E-state index is 17.6. The minimum Gasteiger partial charge on any atom is -0.461 e. The van der Waals surface area contributed by atoms with Crippen molar-refractivity contribution in [1.82, 2.24) is 30.1 Å². The number of piperidine rings is 1. The highest BCUT2D eigenvalue weighted by Gasteiger charge is 2.49. The van der Waals surface area contributed by atoms with Gasteiger partial charge in [-0.05, 0) is 73.7 Å². The number of fused-ring (bicyclic) bond motifs is 7. The van der Waals surface area contributed by atoms with Crippen LogP contribution in [0, 0.1) is 23.0 Å². The summed E-state index contributed by atoms with van der Waals surface area (Å²) in [6.07, 6.45) is -0.967. The number of nitrogens with one attached hydrogen (secondary N) is 1. The zero-order chi connectivity index (χ0) is 41.8. The first-order valence-electron chi connectivity index (χ1n) is 20.3. The Morgan fingerprint density at radius 2 is 1.93 bits per heavy atom. The van der Waals surface area contributed by atoms with E-state index in [0.717, 1.165) is 13.0 Å². The number of nitrogens with zero attached hydrogens (tertiary/aromatic N) is 7. The number of ether oxygens (including phenoxy) is 4. The number of aromatic nitrogens is 3. The molecule has 2 amide bonds. The second-order valence-corrected chi connectivity index (χ2v) is 16.7. The Morgan fingerprint density at radius 3 is 2.78 bits per heavy atom. The van der Waals surface area contributed by atoms with Gasteiger partial charge in [0, 0.05) is 44.2 Å². The molecule has 0 unspecified atom stereocenters. The first kappa shape index (κ1) is 39.9. The van der Waals surface area contributed by atoms with Crippen molar-refractivity contribution in [3.8, 4) is 29.1 Å². The molecule has 5 atom stereocenters. The van der Waals surface area contributed by atoms with Crippen LogP contribution in [0.4, 0.5) is 33.0 Å². The quantitative estimate of drug-likeness (QED) is 0.229. The van der Waals surface area contributed by atoms with Crippen molar-refractivity contribution in [1.29, 1.82) is 5.26 Å². The number of benzene rings is 2. The summed E-state index contributed by atoms with van der Waals surface area (Å²) in [6, 6.07) is 7.53. The Morgan fingerprint density at radius 1 is 1.08 bits per heavy atom. The van der Waals surface area contributed by atoms with E-state index in [2.05, 4.69) is 20.2 Å². The fourth-order valence-corrected chi connectivity index (χ4v) is 9.71. The SMILES string of the molecule is C[C@@]12C[C@@H](F)CN(C1)c1nc(OC[C@@]34CCCN3C[C@H](F)C4)nc3c(F)c(ncc13)-c1cc(OC(=O)N3CCO[C@H](CC#N)C3)cc3ccc(F)c(c13)CCCOC(=O)N2. The summed E-state index contributed by atoms with van der Waals surface area (Å²) in [5, 5.41) is 12.8. The first-order chi connectivity index (χ1) is 28.9. The number of pyridine rings is 1. The maximum absolute atomic E-state index is 17.6. The van der Waals surface area contributed by atoms with Gasteiger partial charge in [0.1, 0.15) is 47.5 Å². The van der Waals surface area contributed by atoms with Crippen molar-refractivity contribution in [2.45, 2.75) is 81.4 Å². The lowest BCUT2D eigenvalue weighted by molar-refractivity contribution is -0.0175. The molecule has 6 bridgehead atoms. The summed E-state index contributed by atoms with van der Waals surface area (Å²) in [7, 11) is 0. The summed E-state index contributed by atoms with van der Waals surface area (Å²) in [6.45, 7) is 3.08. The fourth-order valence-electron chi connectivity index (χ4n) is 9.71. The molecule has 0 saturated carbocycles. The molecule has 8 heterocycles. The van der Waals surface area contributed by atoms with Gasteiger partial charge in [0.05, 0.1) is 61.4 Å². The zero-order valence-corrected chi connectivity index (χ0v) is 33.0. The van der Waals surface area contributed by atoms with Gasteiger partial charge in [0.25, 0.3) is 0 Å². The van der Waals surface area contributed by atoms with Crippen LogP contribution in [0.1, 0.15) is 51.0 Å². The summed E-state index contributed by atoms with van der Waals surface area (Å²) >= 11 is 0. The van der Waals surface area contributed by atoms with E-state index in [9.17, 15) is 19.2 Å². The van der Waals surface area contributed by atoms with Crippen LogP contribution in [0.5, 0.6) is 11.8 Å². The molecule has 4 fully saturated rings. The van der Waals surface area contributed by atoms with Gasteiger partial charge in [-0.25, -0.2) is 27.2 Å². The molecule has 316 valence electrons. The van der Waals surface area contributed by atoms with Crippen molar-refractivity contribution in [3.63, 3.8) is 0 Å². The number of hydrogen-bond acceptors (Lipinski definition) is 12. The number of rotatable bonds is 5. The van der Waals surface area contributed by atoms with Crippen molar-refractivity contribution >= 4 is 39.7 Å². The maximum Gasteiger partial charge on any atom is 0.415 e. The standard InChI is InChI=1S/C42H44F4N8O6/c1-41-16-25(43)19-53(22-41)37-31-18-48-35(34(46)36(31)49-38(50-37)59-23-42-8-3-10-54(42)20-26(44)17-42)30-15-28(60-40(56)52-11-13-57-27(21-52)7-9-47)14-24-5-6-32(45)29(33(24)30)4-2-12-58-39(55)51-41/h5-6,14-15,18,25-27H,2-4,7-8,10-13,16-17,19-23H2,1H3,(H,51,55)/t25-,26-,27-,41-,42+/m1/s1. The Kier molecular flexibility index (Phi) is 10.5. The number of hydrogen-bond donors (Lipinski definition) is 1. The highest BCUT2D eigenvalue weighted by molar-refractivity contribution is 6.02. The highest BCUT2D eigenvalue weighted by atomic mass is 19.1. The highest BCUT2D eigenvalue weighted by Crippen LogP contribution is 2.43. The molecule has 4 aromatic rings. The lowest BCUT2D eigenvalue weighted by Gasteiger charge is -2.42. The second kappa shape index (κ2) is 15.8. The molecule has 2 aromatic heterocycles. The van der Waals surface area contributed by atoms with Gasteiger partial charge in [-0.15, -0.1) is 0 Å². The third-order valence-electron chi connectivity index (χ3n) is 12.3. The number of morpholine rings is 1. The average molecular weight is 833 g/mol. The van der Waals surface area contributed by atoms with Crippen molar-refractivity contribution < 1.29 is 46.1 Å². The van der Waals surface area contributed by atoms with E-state index in [4.69, 9.17) is 23.9 Å². The van der Waals surface area contributed by atoms with Crippen molar-refractivity contribution in [3.05, 3.63) is 47.7 Å². The molecule has 18 heteroatoms. The number of alkyl halides is 2. The molecular formula is C42H44F4N8O6. The number of halogens is 4. The largest absolute Gasteiger partial charge is 0.461 e. The van der Waals surface area contributed by atoms with E-state index in [1.165, 1.54) is 29.3 Å². The third-order valence-corrected chi connectivity index (χ3v) is 12.3. The molecular weight excluding hydrogens is 789 g/mol. The van der Waals surface area contributed by atoms with Gasteiger partial charge in [-0.1, -0.05) is 6.07 Å². The Labute approximate surface area is 342 Å². The summed E-state index contributed by atoms with van der Waals surface area (Å²) < 4.78 is 87.1. The van der Waals surface area contributed by atoms with Gasteiger partial charge in [-0.2, -0.15) is 15.2 Å². The predicted molar refractivity (Wildman–Crippen MR) is 209 cm³/mol. The van der Waals surface area contributed by atoms with Crippen LogP contribution in [0.15, 0.2) is 30.5 Å². The van der Waals surface area contributed by atoms with Gasteiger partial charge >= 0.3 is 18.2 Å². The van der Waals surface area contributed by atoms with Gasteiger partial charge < -0.3 is 34.1 Å². The molecule has 6 aliphatic rings. The predicted octanol–water partition coefficient (Wildman–Crippen LogP) is 6.17. The Balaban J connectivity index is 1.19. The Bertz CT molecular complexity index is 2400. The van der Waals surface area contributed by atoms with E-state index in [0.29, 0.717) is 11.8 Å². The Hall–Kier alpha value is -5.54. The number of carbonyl (C=O) groups excluding carboxylic acids is 2. The number of alkyl carbamates (subject to hydrolysis) is 1. The first-order valence-corrected chi connectivity index (χ1v) is 20.3. The van der Waals surface area contributed by atoms with E-state index in [1.54, 1.807) is 17.9 Å². The van der Waals surface area contributed by atoms with Crippen LogP contribution in [-0.2, 0) is 15.9 Å². The number of amides is 2. The topological polar surface area (TPSA) is 155 Å². The van der Waals surface area contributed by atoms with Crippen molar-refractivity contribution in [2.75, 3.05) is 64.0 Å². The van der Waals surface area contributed by atoms with Crippen LogP contribution >= 0.6 is 0 Å². The van der Waals surface area contributed by atoms with Crippen LogP contribution in [0.3, 0.4) is 0 Å². The molecule has 2 aromatic carbocycles. The molecule has 0 spiro atoms. The zero-order valence-electron chi connectivity index (χ0n) is 33.0. The summed E-state index contributed by atoms with van der Waals surface area (Å²) in [5.41, 5.74) is -1.91. The lowest BCUT2D eigenvalue weighted by atomic mass is 9.90. The van der Waals surface area contributed by atoms with E-state index < -0.39 is 53.3 Å². The number of aryl methyl sites for hydroxylation is 1. The molecule has 10 rings (SSSR count). The van der Waals surface area contributed by atoms with Crippen LogP contribution in [0.2, 0.25) is 0 Å². The number of anilines is 1. The summed E-state index contributed by atoms with van der Waals surface area (Å²) in [4.78, 5) is 45.6. The normalized spacial score (nSPS) is 27.1. The van der Waals surface area contributed by atoms with Gasteiger partial charge in [-0.3, -0.25) is 9.88 Å². The molecule has 0 aliphatic carbocycles. The van der Waals surface area contributed by atoms with Crippen LogP contribution < -0.4 is 19.7 Å². The monoisotopic (exact) mass is 832 g/mol. The van der Waals surface area contributed by atoms with E-state index >= 15 is 13.2 Å². The number of carbonyl (C=O) groups is 2. The minimum atomic E-state index is -1.44. The average Bonchev–Trinajstić information content (AvgIpc) is 3.74. The van der Waals surface area contributed by atoms with Crippen molar-refractivity contribution in [2.24, 2.45) is 0 Å².